The van der Waals surface area contributed by atoms with Crippen LogP contribution in [0, 0.1) is 11.7 Å². The lowest BCUT2D eigenvalue weighted by Crippen LogP contribution is -2.31. The van der Waals surface area contributed by atoms with E-state index in [0.29, 0.717) is 0 Å². The Morgan fingerprint density at radius 2 is 2.24 bits per heavy atom. The number of hydrogen-bond donors (Lipinski definition) is 0. The molecule has 4 heteroatoms. The van der Waals surface area contributed by atoms with Gasteiger partial charge in [0.2, 0.25) is 5.91 Å². The molecule has 2 aliphatic rings. The first kappa shape index (κ1) is 11.1. The molecule has 0 N–H and O–H groups in total. The van der Waals surface area contributed by atoms with E-state index < -0.39 is 0 Å². The molecular formula is C13H14FNOS. The Balaban J connectivity index is 1.83. The Hall–Kier alpha value is -1.03. The lowest BCUT2D eigenvalue weighted by atomic mass is 10.2. The van der Waals surface area contributed by atoms with Crippen molar-refractivity contribution in [3.63, 3.8) is 0 Å². The van der Waals surface area contributed by atoms with Crippen molar-refractivity contribution in [3.05, 3.63) is 35.6 Å². The molecule has 1 aromatic carbocycles. The summed E-state index contributed by atoms with van der Waals surface area (Å²) in [5, 5.41) is 0.0128. The highest BCUT2D eigenvalue weighted by Crippen LogP contribution is 2.42. The fourth-order valence-electron chi connectivity index (χ4n) is 2.20. The summed E-state index contributed by atoms with van der Waals surface area (Å²) in [4.78, 5) is 14.0. The monoisotopic (exact) mass is 251 g/mol. The van der Waals surface area contributed by atoms with Gasteiger partial charge in [-0.2, -0.15) is 0 Å². The quantitative estimate of drug-likeness (QED) is 0.805. The van der Waals surface area contributed by atoms with Crippen LogP contribution in [0.25, 0.3) is 0 Å². The molecule has 1 saturated heterocycles. The van der Waals surface area contributed by atoms with E-state index in [9.17, 15) is 9.18 Å². The van der Waals surface area contributed by atoms with Gasteiger partial charge in [-0.15, -0.1) is 11.8 Å². The predicted octanol–water partition coefficient (Wildman–Crippen LogP) is 2.81. The second-order valence-corrected chi connectivity index (χ2v) is 5.77. The highest BCUT2D eigenvalue weighted by molar-refractivity contribution is 7.99. The third kappa shape index (κ3) is 2.18. The van der Waals surface area contributed by atoms with Crippen LogP contribution in [0.2, 0.25) is 0 Å². The maximum atomic E-state index is 13.2. The summed E-state index contributed by atoms with van der Waals surface area (Å²) in [5.74, 6) is 1.21. The number of hydrogen-bond acceptors (Lipinski definition) is 2. The van der Waals surface area contributed by atoms with Crippen LogP contribution >= 0.6 is 11.8 Å². The van der Waals surface area contributed by atoms with E-state index in [1.165, 1.54) is 12.1 Å². The molecule has 1 aliphatic carbocycles. The number of thioether (sulfide) groups is 1. The summed E-state index contributed by atoms with van der Waals surface area (Å²) in [6.07, 6.45) is 2.05. The zero-order valence-electron chi connectivity index (χ0n) is 9.43. The molecule has 0 aromatic heterocycles. The second-order valence-electron chi connectivity index (χ2n) is 4.58. The average Bonchev–Trinajstić information content (AvgIpc) is 3.05. The van der Waals surface area contributed by atoms with Crippen LogP contribution in [-0.2, 0) is 4.79 Å². The minimum absolute atomic E-state index is 0.0128. The van der Waals surface area contributed by atoms with Crippen molar-refractivity contribution in [3.8, 4) is 0 Å². The number of rotatable bonds is 2. The van der Waals surface area contributed by atoms with Gasteiger partial charge < -0.3 is 4.90 Å². The molecular weight excluding hydrogens is 237 g/mol. The van der Waals surface area contributed by atoms with Crippen LogP contribution in [0.4, 0.5) is 4.39 Å². The molecule has 1 atom stereocenters. The van der Waals surface area contributed by atoms with Crippen LogP contribution < -0.4 is 0 Å². The third-order valence-electron chi connectivity index (χ3n) is 3.23. The van der Waals surface area contributed by atoms with E-state index in [-0.39, 0.29) is 23.0 Å². The largest absolute Gasteiger partial charge is 0.325 e. The van der Waals surface area contributed by atoms with Crippen molar-refractivity contribution < 1.29 is 9.18 Å². The van der Waals surface area contributed by atoms with E-state index in [0.717, 1.165) is 30.7 Å². The summed E-state index contributed by atoms with van der Waals surface area (Å²) in [6, 6.07) is 6.59. The van der Waals surface area contributed by atoms with Gasteiger partial charge in [-0.1, -0.05) is 12.1 Å². The van der Waals surface area contributed by atoms with Crippen molar-refractivity contribution >= 4 is 17.7 Å². The average molecular weight is 251 g/mol. The van der Waals surface area contributed by atoms with Crippen LogP contribution in [0.5, 0.6) is 0 Å². The number of carbonyl (C=O) groups is 1. The van der Waals surface area contributed by atoms with Crippen molar-refractivity contribution in [2.75, 3.05) is 12.3 Å². The molecule has 2 nitrogen and oxygen atoms in total. The number of carbonyl (C=O) groups excluding carboxylic acids is 1. The van der Waals surface area contributed by atoms with Gasteiger partial charge in [0.1, 0.15) is 11.2 Å². The smallest absolute Gasteiger partial charge is 0.226 e. The van der Waals surface area contributed by atoms with Crippen LogP contribution in [0.1, 0.15) is 23.8 Å². The normalized spacial score (nSPS) is 24.1. The molecule has 17 heavy (non-hydrogen) atoms. The van der Waals surface area contributed by atoms with E-state index in [2.05, 4.69) is 0 Å². The molecule has 0 bridgehead atoms. The Morgan fingerprint density at radius 3 is 2.94 bits per heavy atom. The number of nitrogens with zero attached hydrogens (tertiary/aromatic N) is 1. The van der Waals surface area contributed by atoms with Gasteiger partial charge in [-0.3, -0.25) is 4.79 Å². The third-order valence-corrected chi connectivity index (χ3v) is 4.50. The first-order chi connectivity index (χ1) is 8.25. The molecule has 0 radical (unpaired) electrons. The second kappa shape index (κ2) is 4.33. The predicted molar refractivity (Wildman–Crippen MR) is 66.0 cm³/mol. The molecule has 2 fully saturated rings. The van der Waals surface area contributed by atoms with E-state index in [1.54, 1.807) is 17.8 Å². The molecule has 0 spiro atoms. The van der Waals surface area contributed by atoms with Crippen molar-refractivity contribution in [1.29, 1.82) is 0 Å². The van der Waals surface area contributed by atoms with E-state index in [4.69, 9.17) is 0 Å². The summed E-state index contributed by atoms with van der Waals surface area (Å²) in [7, 11) is 0. The van der Waals surface area contributed by atoms with Gasteiger partial charge in [0.05, 0.1) is 0 Å². The summed E-state index contributed by atoms with van der Waals surface area (Å²) >= 11 is 1.72. The minimum Gasteiger partial charge on any atom is -0.325 e. The zero-order valence-corrected chi connectivity index (χ0v) is 10.3. The van der Waals surface area contributed by atoms with Crippen molar-refractivity contribution in [2.24, 2.45) is 5.92 Å². The molecule has 1 heterocycles. The minimum atomic E-state index is -0.228. The molecule has 1 amide bonds. The van der Waals surface area contributed by atoms with Crippen LogP contribution in [0.15, 0.2) is 24.3 Å². The Morgan fingerprint density at radius 1 is 1.41 bits per heavy atom. The topological polar surface area (TPSA) is 20.3 Å². The van der Waals surface area contributed by atoms with Gasteiger partial charge in [-0.05, 0) is 30.5 Å². The van der Waals surface area contributed by atoms with Gasteiger partial charge in [-0.25, -0.2) is 4.39 Å². The van der Waals surface area contributed by atoms with Gasteiger partial charge in [0, 0.05) is 18.2 Å². The van der Waals surface area contributed by atoms with E-state index >= 15 is 0 Å². The van der Waals surface area contributed by atoms with Gasteiger partial charge in [0.25, 0.3) is 0 Å². The highest BCUT2D eigenvalue weighted by Gasteiger charge is 2.39. The molecule has 1 unspecified atom stereocenters. The lowest BCUT2D eigenvalue weighted by Gasteiger charge is -2.24. The van der Waals surface area contributed by atoms with Crippen LogP contribution in [-0.4, -0.2) is 23.1 Å². The molecule has 1 aromatic rings. The summed E-state index contributed by atoms with van der Waals surface area (Å²) < 4.78 is 13.2. The SMILES string of the molecule is O=C(C1CC1)N1CCSC1c1cccc(F)c1. The Kier molecular flexibility index (Phi) is 2.82. The number of amides is 1. The Bertz CT molecular complexity index is 447. The molecule has 3 rings (SSSR count). The fraction of sp³-hybridized carbons (Fsp3) is 0.462. The lowest BCUT2D eigenvalue weighted by molar-refractivity contribution is -0.132. The molecule has 1 aliphatic heterocycles. The maximum absolute atomic E-state index is 13.2. The standard InChI is InChI=1S/C13H14FNOS/c14-11-3-1-2-10(8-11)13-15(6-7-17-13)12(16)9-4-5-9/h1-3,8-9,13H,4-7H2. The number of halogens is 1. The highest BCUT2D eigenvalue weighted by atomic mass is 32.2. The Labute approximate surface area is 104 Å². The van der Waals surface area contributed by atoms with Crippen LogP contribution in [0.3, 0.4) is 0 Å². The summed E-state index contributed by atoms with van der Waals surface area (Å²) in [6.45, 7) is 0.793. The van der Waals surface area contributed by atoms with Crippen molar-refractivity contribution in [2.45, 2.75) is 18.2 Å². The molecule has 1 saturated carbocycles. The summed E-state index contributed by atoms with van der Waals surface area (Å²) in [5.41, 5.74) is 0.904. The molecule has 90 valence electrons. The van der Waals surface area contributed by atoms with Crippen molar-refractivity contribution in [1.82, 2.24) is 4.90 Å². The maximum Gasteiger partial charge on any atom is 0.226 e. The first-order valence-corrected chi connectivity index (χ1v) is 6.98. The van der Waals surface area contributed by atoms with Gasteiger partial charge >= 0.3 is 0 Å². The van der Waals surface area contributed by atoms with E-state index in [1.807, 2.05) is 11.0 Å². The fourth-order valence-corrected chi connectivity index (χ4v) is 3.45. The zero-order chi connectivity index (χ0) is 11.8. The number of benzene rings is 1. The van der Waals surface area contributed by atoms with Gasteiger partial charge in [0.15, 0.2) is 0 Å². The first-order valence-electron chi connectivity index (χ1n) is 5.93.